The third-order valence-corrected chi connectivity index (χ3v) is 2.29. The first-order valence-electron chi connectivity index (χ1n) is 4.21. The molecule has 84 valence electrons. The molecule has 0 saturated heterocycles. The van der Waals surface area contributed by atoms with E-state index in [1.165, 1.54) is 24.4 Å². The van der Waals surface area contributed by atoms with Crippen molar-refractivity contribution in [2.45, 2.75) is 0 Å². The molecule has 0 aliphatic rings. The highest BCUT2D eigenvalue weighted by Crippen LogP contribution is 2.31. The summed E-state index contributed by atoms with van der Waals surface area (Å²) < 4.78 is 34.1. The average Bonchev–Trinajstić information content (AvgIpc) is 2.21. The number of pyridine rings is 1. The fourth-order valence-electron chi connectivity index (χ4n) is 1.32. The molecule has 0 spiro atoms. The maximum atomic E-state index is 10.6. The summed E-state index contributed by atoms with van der Waals surface area (Å²) in [6.45, 7) is 0. The minimum Gasteiger partial charge on any atom is -0.506 e. The molecular formula is C9H7NO5S. The van der Waals surface area contributed by atoms with Crippen molar-refractivity contribution in [2.24, 2.45) is 0 Å². The van der Waals surface area contributed by atoms with E-state index < -0.39 is 10.4 Å². The van der Waals surface area contributed by atoms with Gasteiger partial charge in [0.1, 0.15) is 11.3 Å². The Morgan fingerprint density at radius 1 is 1.25 bits per heavy atom. The molecule has 0 aliphatic carbocycles. The van der Waals surface area contributed by atoms with Crippen LogP contribution in [0, 0.1) is 0 Å². The highest BCUT2D eigenvalue weighted by Gasteiger charge is 2.12. The molecule has 0 atom stereocenters. The maximum absolute atomic E-state index is 10.6. The predicted molar refractivity (Wildman–Crippen MR) is 55.6 cm³/mol. The number of benzene rings is 1. The largest absolute Gasteiger partial charge is 0.506 e. The van der Waals surface area contributed by atoms with Gasteiger partial charge in [-0.3, -0.25) is 9.54 Å². The first-order chi connectivity index (χ1) is 7.47. The summed E-state index contributed by atoms with van der Waals surface area (Å²) in [6.07, 6.45) is 1.44. The molecule has 0 amide bonds. The second-order valence-electron chi connectivity index (χ2n) is 2.99. The molecule has 0 unspecified atom stereocenters. The number of phenols is 1. The predicted octanol–water partition coefficient (Wildman–Crippen LogP) is 1.12. The number of fused-ring (bicyclic) bond motifs is 1. The molecule has 6 nitrogen and oxygen atoms in total. The number of nitrogens with zero attached hydrogens (tertiary/aromatic N) is 1. The van der Waals surface area contributed by atoms with E-state index in [-0.39, 0.29) is 17.0 Å². The van der Waals surface area contributed by atoms with Gasteiger partial charge in [-0.2, -0.15) is 8.42 Å². The van der Waals surface area contributed by atoms with Crippen molar-refractivity contribution in [3.8, 4) is 11.5 Å². The van der Waals surface area contributed by atoms with Gasteiger partial charge in [0.2, 0.25) is 0 Å². The molecule has 0 radical (unpaired) electrons. The van der Waals surface area contributed by atoms with E-state index in [2.05, 4.69) is 9.17 Å². The van der Waals surface area contributed by atoms with Crippen LogP contribution in [0.5, 0.6) is 11.5 Å². The third-order valence-electron chi connectivity index (χ3n) is 1.90. The second-order valence-corrected chi connectivity index (χ2v) is 4.02. The summed E-state index contributed by atoms with van der Waals surface area (Å²) in [5.74, 6) is -0.193. The fourth-order valence-corrected chi connectivity index (χ4v) is 1.69. The van der Waals surface area contributed by atoms with Crippen LogP contribution in [-0.2, 0) is 10.4 Å². The van der Waals surface area contributed by atoms with Crippen LogP contribution in [-0.4, -0.2) is 23.1 Å². The van der Waals surface area contributed by atoms with Gasteiger partial charge in [-0.15, -0.1) is 0 Å². The van der Waals surface area contributed by atoms with Gasteiger partial charge in [0.15, 0.2) is 5.75 Å². The molecule has 2 aromatic rings. The third kappa shape index (κ3) is 2.05. The number of aromatic nitrogens is 1. The zero-order chi connectivity index (χ0) is 11.8. The lowest BCUT2D eigenvalue weighted by molar-refractivity contribution is 0.388. The normalized spacial score (nSPS) is 11.6. The Morgan fingerprint density at radius 2 is 2.00 bits per heavy atom. The smallest absolute Gasteiger partial charge is 0.446 e. The Balaban J connectivity index is 2.68. The first kappa shape index (κ1) is 10.7. The summed E-state index contributed by atoms with van der Waals surface area (Å²) in [5.41, 5.74) is 0.198. The number of hydrogen-bond donors (Lipinski definition) is 2. The Hall–Kier alpha value is -1.86. The molecule has 0 fully saturated rings. The first-order valence-corrected chi connectivity index (χ1v) is 5.57. The van der Waals surface area contributed by atoms with Crippen LogP contribution < -0.4 is 4.18 Å². The number of hydrogen-bond acceptors (Lipinski definition) is 5. The van der Waals surface area contributed by atoms with Crippen LogP contribution in [0.25, 0.3) is 10.9 Å². The summed E-state index contributed by atoms with van der Waals surface area (Å²) in [5, 5.41) is 9.76. The van der Waals surface area contributed by atoms with E-state index in [4.69, 9.17) is 4.55 Å². The van der Waals surface area contributed by atoms with Crippen LogP contribution in [0.2, 0.25) is 0 Å². The van der Waals surface area contributed by atoms with Gasteiger partial charge in [0, 0.05) is 11.6 Å². The van der Waals surface area contributed by atoms with Gasteiger partial charge in [-0.1, -0.05) is 0 Å². The van der Waals surface area contributed by atoms with E-state index in [9.17, 15) is 13.5 Å². The Morgan fingerprint density at radius 3 is 2.69 bits per heavy atom. The molecule has 2 rings (SSSR count). The quantitative estimate of drug-likeness (QED) is 0.765. The Bertz CT molecular complexity index is 637. The van der Waals surface area contributed by atoms with Crippen LogP contribution in [0.4, 0.5) is 0 Å². The molecule has 2 N–H and O–H groups in total. The molecule has 1 aromatic heterocycles. The van der Waals surface area contributed by atoms with Crippen LogP contribution in [0.15, 0.2) is 30.5 Å². The van der Waals surface area contributed by atoms with Crippen molar-refractivity contribution in [1.29, 1.82) is 0 Å². The topological polar surface area (TPSA) is 96.7 Å². The molecule has 0 saturated carbocycles. The van der Waals surface area contributed by atoms with Gasteiger partial charge >= 0.3 is 10.4 Å². The van der Waals surface area contributed by atoms with E-state index >= 15 is 0 Å². The highest BCUT2D eigenvalue weighted by atomic mass is 32.3. The van der Waals surface area contributed by atoms with Crippen molar-refractivity contribution < 1.29 is 22.3 Å². The van der Waals surface area contributed by atoms with E-state index in [1.807, 2.05) is 0 Å². The monoisotopic (exact) mass is 241 g/mol. The summed E-state index contributed by atoms with van der Waals surface area (Å²) >= 11 is 0. The minimum absolute atomic E-state index is 0.0941. The molecule has 7 heteroatoms. The van der Waals surface area contributed by atoms with Crippen LogP contribution in [0.3, 0.4) is 0 Å². The SMILES string of the molecule is O=S(=O)(O)Oc1ccc(O)c2ncccc12. The molecule has 1 aromatic carbocycles. The molecule has 16 heavy (non-hydrogen) atoms. The maximum Gasteiger partial charge on any atom is 0.446 e. The number of rotatable bonds is 2. The van der Waals surface area contributed by atoms with Crippen molar-refractivity contribution in [1.82, 2.24) is 4.98 Å². The zero-order valence-electron chi connectivity index (χ0n) is 7.86. The van der Waals surface area contributed by atoms with Crippen molar-refractivity contribution in [3.05, 3.63) is 30.5 Å². The van der Waals surface area contributed by atoms with Gasteiger partial charge in [0.25, 0.3) is 0 Å². The number of phenolic OH excluding ortho intramolecular Hbond substituents is 1. The van der Waals surface area contributed by atoms with Gasteiger partial charge < -0.3 is 9.29 Å². The standard InChI is InChI=1S/C9H7NO5S/c11-7-3-4-8(15-16(12,13)14)6-2-1-5-10-9(6)7/h1-5,11H,(H,12,13,14). The second kappa shape index (κ2) is 3.62. The fraction of sp³-hybridized carbons (Fsp3) is 0. The van der Waals surface area contributed by atoms with Crippen LogP contribution in [0.1, 0.15) is 0 Å². The van der Waals surface area contributed by atoms with E-state index in [1.54, 1.807) is 6.07 Å². The van der Waals surface area contributed by atoms with Crippen molar-refractivity contribution in [2.75, 3.05) is 0 Å². The molecule has 0 aliphatic heterocycles. The summed E-state index contributed by atoms with van der Waals surface area (Å²) in [4.78, 5) is 3.86. The lowest BCUT2D eigenvalue weighted by Gasteiger charge is -2.06. The Kier molecular flexibility index (Phi) is 2.41. The van der Waals surface area contributed by atoms with Crippen LogP contribution >= 0.6 is 0 Å². The lowest BCUT2D eigenvalue weighted by atomic mass is 10.2. The van der Waals surface area contributed by atoms with Crippen molar-refractivity contribution >= 4 is 21.3 Å². The molecule has 1 heterocycles. The van der Waals surface area contributed by atoms with Gasteiger partial charge in [0.05, 0.1) is 0 Å². The lowest BCUT2D eigenvalue weighted by Crippen LogP contribution is -2.06. The van der Waals surface area contributed by atoms with Gasteiger partial charge in [-0.25, -0.2) is 0 Å². The van der Waals surface area contributed by atoms with Gasteiger partial charge in [-0.05, 0) is 24.3 Å². The zero-order valence-corrected chi connectivity index (χ0v) is 8.68. The average molecular weight is 241 g/mol. The Labute approximate surface area is 91.1 Å². The molecular weight excluding hydrogens is 234 g/mol. The summed E-state index contributed by atoms with van der Waals surface area (Å²) in [7, 11) is -4.59. The number of aromatic hydroxyl groups is 1. The molecule has 0 bridgehead atoms. The van der Waals surface area contributed by atoms with Crippen molar-refractivity contribution in [3.63, 3.8) is 0 Å². The highest BCUT2D eigenvalue weighted by molar-refractivity contribution is 7.81. The summed E-state index contributed by atoms with van der Waals surface area (Å²) in [6, 6.07) is 5.53. The minimum atomic E-state index is -4.59. The van der Waals surface area contributed by atoms with E-state index in [0.717, 1.165) is 0 Å². The van der Waals surface area contributed by atoms with E-state index in [0.29, 0.717) is 5.39 Å².